The summed E-state index contributed by atoms with van der Waals surface area (Å²) < 4.78 is 23.3. The Labute approximate surface area is 154 Å². The van der Waals surface area contributed by atoms with E-state index in [1.54, 1.807) is 7.11 Å². The number of hydrogen-bond acceptors (Lipinski definition) is 5. The Kier molecular flexibility index (Phi) is 6.77. The van der Waals surface area contributed by atoms with Gasteiger partial charge in [0.2, 0.25) is 0 Å². The largest absolute Gasteiger partial charge is 0.388 e. The van der Waals surface area contributed by atoms with Crippen molar-refractivity contribution in [3.05, 3.63) is 71.8 Å². The molecule has 1 aliphatic heterocycles. The second kappa shape index (κ2) is 9.26. The molecular formula is C21H26O5. The highest BCUT2D eigenvalue weighted by Gasteiger charge is 2.45. The first-order valence-electron chi connectivity index (χ1n) is 8.86. The monoisotopic (exact) mass is 358 g/mol. The first kappa shape index (κ1) is 19.0. The molecule has 5 atom stereocenters. The molecule has 1 aliphatic rings. The van der Waals surface area contributed by atoms with Crippen LogP contribution in [0, 0.1) is 0 Å². The van der Waals surface area contributed by atoms with Crippen molar-refractivity contribution < 1.29 is 24.1 Å². The molecule has 0 radical (unpaired) electrons. The van der Waals surface area contributed by atoms with Gasteiger partial charge < -0.3 is 24.1 Å². The van der Waals surface area contributed by atoms with E-state index in [-0.39, 0.29) is 0 Å². The summed E-state index contributed by atoms with van der Waals surface area (Å²) in [5.41, 5.74) is 2.08. The number of aliphatic hydroxyl groups excluding tert-OH is 1. The van der Waals surface area contributed by atoms with Crippen molar-refractivity contribution in [3.8, 4) is 0 Å². The highest BCUT2D eigenvalue weighted by atomic mass is 16.7. The first-order chi connectivity index (χ1) is 12.7. The van der Waals surface area contributed by atoms with Crippen molar-refractivity contribution >= 4 is 0 Å². The van der Waals surface area contributed by atoms with Gasteiger partial charge in [-0.25, -0.2) is 0 Å². The van der Waals surface area contributed by atoms with Gasteiger partial charge in [-0.05, 0) is 18.1 Å². The third kappa shape index (κ3) is 4.69. The molecule has 1 heterocycles. The molecule has 5 nitrogen and oxygen atoms in total. The molecule has 140 valence electrons. The van der Waals surface area contributed by atoms with Crippen LogP contribution in [0.3, 0.4) is 0 Å². The summed E-state index contributed by atoms with van der Waals surface area (Å²) in [6.45, 7) is 2.58. The maximum Gasteiger partial charge on any atom is 0.186 e. The molecule has 1 N–H and O–H groups in total. The van der Waals surface area contributed by atoms with Gasteiger partial charge in [-0.3, -0.25) is 0 Å². The van der Waals surface area contributed by atoms with Crippen molar-refractivity contribution in [1.29, 1.82) is 0 Å². The Morgan fingerprint density at radius 2 is 1.35 bits per heavy atom. The lowest BCUT2D eigenvalue weighted by Gasteiger charge is -2.42. The summed E-state index contributed by atoms with van der Waals surface area (Å²) in [6, 6.07) is 19.7. The van der Waals surface area contributed by atoms with E-state index in [9.17, 15) is 5.11 Å². The third-order valence-corrected chi connectivity index (χ3v) is 4.56. The van der Waals surface area contributed by atoms with Crippen LogP contribution in [0.25, 0.3) is 0 Å². The lowest BCUT2D eigenvalue weighted by atomic mass is 9.99. The van der Waals surface area contributed by atoms with E-state index in [1.165, 1.54) is 0 Å². The van der Waals surface area contributed by atoms with Crippen LogP contribution in [0.2, 0.25) is 0 Å². The molecule has 0 aliphatic carbocycles. The van der Waals surface area contributed by atoms with Gasteiger partial charge in [0.05, 0.1) is 19.3 Å². The SMILES string of the molecule is CO[C@@H]1OC(C)[C@@H](O)C(OCc2ccccc2)C1OCc1ccccc1. The fourth-order valence-corrected chi connectivity index (χ4v) is 3.08. The topological polar surface area (TPSA) is 57.2 Å². The third-order valence-electron chi connectivity index (χ3n) is 4.56. The van der Waals surface area contributed by atoms with Gasteiger partial charge in [-0.2, -0.15) is 0 Å². The molecule has 0 amide bonds. The standard InChI is InChI=1S/C21H26O5/c1-15-18(22)19(24-13-16-9-5-3-6-10-16)20(21(23-2)26-15)25-14-17-11-7-4-8-12-17/h3-12,15,18-22H,13-14H2,1-2H3/t15?,18-,19?,20?,21-/m1/s1. The predicted octanol–water partition coefficient (Wildman–Crippen LogP) is 2.91. The fraction of sp³-hybridized carbons (Fsp3) is 0.429. The van der Waals surface area contributed by atoms with Gasteiger partial charge >= 0.3 is 0 Å². The van der Waals surface area contributed by atoms with E-state index < -0.39 is 30.7 Å². The average Bonchev–Trinajstić information content (AvgIpc) is 2.69. The Morgan fingerprint density at radius 1 is 0.846 bits per heavy atom. The maximum absolute atomic E-state index is 10.6. The number of hydrogen-bond donors (Lipinski definition) is 1. The quantitative estimate of drug-likeness (QED) is 0.825. The number of aliphatic hydroxyl groups is 1. The molecule has 0 spiro atoms. The summed E-state index contributed by atoms with van der Waals surface area (Å²) in [5.74, 6) is 0. The Bertz CT molecular complexity index is 604. The molecule has 1 saturated heterocycles. The first-order valence-corrected chi connectivity index (χ1v) is 8.86. The van der Waals surface area contributed by atoms with Crippen LogP contribution in [-0.2, 0) is 32.2 Å². The van der Waals surface area contributed by atoms with E-state index in [1.807, 2.05) is 67.6 Å². The van der Waals surface area contributed by atoms with Gasteiger partial charge in [0.1, 0.15) is 18.3 Å². The minimum absolute atomic E-state index is 0.386. The minimum Gasteiger partial charge on any atom is -0.388 e. The van der Waals surface area contributed by atoms with Crippen molar-refractivity contribution in [2.24, 2.45) is 0 Å². The molecule has 0 bridgehead atoms. The Hall–Kier alpha value is -1.76. The molecule has 0 saturated carbocycles. The summed E-state index contributed by atoms with van der Waals surface area (Å²) >= 11 is 0. The Balaban J connectivity index is 1.71. The van der Waals surface area contributed by atoms with Gasteiger partial charge in [0, 0.05) is 7.11 Å². The maximum atomic E-state index is 10.6. The van der Waals surface area contributed by atoms with E-state index >= 15 is 0 Å². The summed E-state index contributed by atoms with van der Waals surface area (Å²) in [6.07, 6.45) is -2.89. The van der Waals surface area contributed by atoms with Gasteiger partial charge in [0.25, 0.3) is 0 Å². The highest BCUT2D eigenvalue weighted by molar-refractivity contribution is 5.14. The smallest absolute Gasteiger partial charge is 0.186 e. The van der Waals surface area contributed by atoms with Gasteiger partial charge in [0.15, 0.2) is 6.29 Å². The Morgan fingerprint density at radius 3 is 1.85 bits per heavy atom. The van der Waals surface area contributed by atoms with Crippen LogP contribution in [0.4, 0.5) is 0 Å². The lowest BCUT2D eigenvalue weighted by molar-refractivity contribution is -0.307. The van der Waals surface area contributed by atoms with E-state index in [2.05, 4.69) is 0 Å². The van der Waals surface area contributed by atoms with E-state index in [0.717, 1.165) is 11.1 Å². The van der Waals surface area contributed by atoms with Crippen molar-refractivity contribution in [2.45, 2.75) is 50.8 Å². The summed E-state index contributed by atoms with van der Waals surface area (Å²) in [5, 5.41) is 10.6. The van der Waals surface area contributed by atoms with Crippen LogP contribution in [0.5, 0.6) is 0 Å². The molecule has 5 heteroatoms. The van der Waals surface area contributed by atoms with Gasteiger partial charge in [-0.1, -0.05) is 60.7 Å². The zero-order chi connectivity index (χ0) is 18.4. The highest BCUT2D eigenvalue weighted by Crippen LogP contribution is 2.27. The molecule has 26 heavy (non-hydrogen) atoms. The van der Waals surface area contributed by atoms with Crippen molar-refractivity contribution in [2.75, 3.05) is 7.11 Å². The molecular weight excluding hydrogens is 332 g/mol. The summed E-state index contributed by atoms with van der Waals surface area (Å²) in [4.78, 5) is 0. The molecule has 3 rings (SSSR count). The normalized spacial score (nSPS) is 28.8. The number of ether oxygens (including phenoxy) is 4. The molecule has 3 unspecified atom stereocenters. The fourth-order valence-electron chi connectivity index (χ4n) is 3.08. The molecule has 0 aromatic heterocycles. The zero-order valence-electron chi connectivity index (χ0n) is 15.2. The molecule has 2 aromatic rings. The predicted molar refractivity (Wildman–Crippen MR) is 97.4 cm³/mol. The van der Waals surface area contributed by atoms with Crippen LogP contribution in [0.15, 0.2) is 60.7 Å². The van der Waals surface area contributed by atoms with Crippen LogP contribution in [0.1, 0.15) is 18.1 Å². The number of rotatable bonds is 7. The minimum atomic E-state index is -0.800. The van der Waals surface area contributed by atoms with Crippen LogP contribution in [-0.4, -0.2) is 42.9 Å². The molecule has 1 fully saturated rings. The van der Waals surface area contributed by atoms with Gasteiger partial charge in [-0.15, -0.1) is 0 Å². The van der Waals surface area contributed by atoms with E-state index in [4.69, 9.17) is 18.9 Å². The zero-order valence-corrected chi connectivity index (χ0v) is 15.2. The second-order valence-corrected chi connectivity index (χ2v) is 6.46. The van der Waals surface area contributed by atoms with E-state index in [0.29, 0.717) is 13.2 Å². The van der Waals surface area contributed by atoms with Crippen molar-refractivity contribution in [1.82, 2.24) is 0 Å². The van der Waals surface area contributed by atoms with Crippen LogP contribution < -0.4 is 0 Å². The molecule has 2 aromatic carbocycles. The lowest BCUT2D eigenvalue weighted by Crippen LogP contribution is -2.59. The van der Waals surface area contributed by atoms with Crippen LogP contribution >= 0.6 is 0 Å². The second-order valence-electron chi connectivity index (χ2n) is 6.46. The van der Waals surface area contributed by atoms with Crippen molar-refractivity contribution in [3.63, 3.8) is 0 Å². The number of methoxy groups -OCH3 is 1. The summed E-state index contributed by atoms with van der Waals surface area (Å²) in [7, 11) is 1.57. The number of benzene rings is 2. The average molecular weight is 358 g/mol.